The molecule has 3 heterocycles. The van der Waals surface area contributed by atoms with Crippen LogP contribution in [-0.4, -0.2) is 45.6 Å². The van der Waals surface area contributed by atoms with Crippen LogP contribution in [0.4, 0.5) is 5.69 Å². The average molecular weight is 638 g/mol. The number of ether oxygens (including phenoxy) is 1. The second kappa shape index (κ2) is 13.0. The number of hydrogen-bond donors (Lipinski definition) is 3. The largest absolute Gasteiger partial charge is 0.496 e. The SMILES string of the molecule is COc1cc(-c2nccc(-c3cccc(NC(=O)c4cn(C)c(=O)n(C)c4=O)c3Cl)c2Cl)ccc1CNCC1CCC(=O)N1. The number of rotatable bonds is 9. The Hall–Kier alpha value is -4.45. The van der Waals surface area contributed by atoms with E-state index in [0.29, 0.717) is 47.1 Å². The lowest BCUT2D eigenvalue weighted by Crippen LogP contribution is -2.40. The van der Waals surface area contributed by atoms with Crippen LogP contribution in [0.15, 0.2) is 64.4 Å². The van der Waals surface area contributed by atoms with Gasteiger partial charge in [0.05, 0.1) is 28.5 Å². The number of anilines is 1. The number of amides is 2. The Morgan fingerprint density at radius 2 is 1.86 bits per heavy atom. The maximum Gasteiger partial charge on any atom is 0.330 e. The molecule has 5 rings (SSSR count). The first-order valence-electron chi connectivity index (χ1n) is 13.8. The molecule has 1 unspecified atom stereocenters. The van der Waals surface area contributed by atoms with Crippen LogP contribution >= 0.6 is 23.2 Å². The molecule has 1 aliphatic heterocycles. The lowest BCUT2D eigenvalue weighted by molar-refractivity contribution is -0.119. The van der Waals surface area contributed by atoms with Crippen molar-refractivity contribution < 1.29 is 14.3 Å². The molecule has 4 aromatic rings. The molecule has 13 heteroatoms. The van der Waals surface area contributed by atoms with E-state index in [1.165, 1.54) is 20.3 Å². The number of pyridine rings is 1. The van der Waals surface area contributed by atoms with Crippen LogP contribution in [0, 0.1) is 0 Å². The zero-order chi connectivity index (χ0) is 31.5. The van der Waals surface area contributed by atoms with Crippen molar-refractivity contribution in [3.8, 4) is 28.1 Å². The van der Waals surface area contributed by atoms with Crippen molar-refractivity contribution in [2.45, 2.75) is 25.4 Å². The second-order valence-electron chi connectivity index (χ2n) is 10.4. The van der Waals surface area contributed by atoms with Crippen molar-refractivity contribution in [3.05, 3.63) is 96.9 Å². The standard InChI is InChI=1S/C31H30Cl2N6O5/c1-38-16-22(30(42)39(2)31(38)43)29(41)37-23-6-4-5-20(26(23)32)21-11-12-35-28(27(21)33)17-7-8-18(24(13-17)44-3)14-34-15-19-9-10-25(40)36-19/h4-8,11-13,16,19,34H,9-10,14-15H2,1-3H3,(H,36,40)(H,37,41). The van der Waals surface area contributed by atoms with E-state index in [1.54, 1.807) is 37.6 Å². The molecule has 1 saturated heterocycles. The Labute approximate surface area is 262 Å². The fraction of sp³-hybridized carbons (Fsp3) is 0.258. The van der Waals surface area contributed by atoms with E-state index >= 15 is 0 Å². The number of aromatic nitrogens is 3. The number of hydrogen-bond acceptors (Lipinski definition) is 7. The molecule has 1 aliphatic rings. The first-order chi connectivity index (χ1) is 21.1. The molecular formula is C31H30Cl2N6O5. The molecule has 2 aromatic heterocycles. The summed E-state index contributed by atoms with van der Waals surface area (Å²) in [5.41, 5.74) is 2.08. The number of benzene rings is 2. The number of halogens is 2. The monoisotopic (exact) mass is 636 g/mol. The van der Waals surface area contributed by atoms with Crippen molar-refractivity contribution in [2.24, 2.45) is 14.1 Å². The van der Waals surface area contributed by atoms with E-state index in [4.69, 9.17) is 27.9 Å². The summed E-state index contributed by atoms with van der Waals surface area (Å²) < 4.78 is 7.67. The number of carbonyl (C=O) groups excluding carboxylic acids is 2. The maximum absolute atomic E-state index is 13.0. The topological polar surface area (TPSA) is 136 Å². The Morgan fingerprint density at radius 3 is 2.59 bits per heavy atom. The van der Waals surface area contributed by atoms with E-state index in [2.05, 4.69) is 20.9 Å². The van der Waals surface area contributed by atoms with Gasteiger partial charge >= 0.3 is 5.69 Å². The number of nitrogens with one attached hydrogen (secondary N) is 3. The number of carbonyl (C=O) groups is 2. The molecule has 2 aromatic carbocycles. The minimum atomic E-state index is -0.723. The average Bonchev–Trinajstić information content (AvgIpc) is 3.44. The van der Waals surface area contributed by atoms with Gasteiger partial charge in [-0.15, -0.1) is 0 Å². The molecule has 11 nitrogen and oxygen atoms in total. The summed E-state index contributed by atoms with van der Waals surface area (Å²) in [6.45, 7) is 1.21. The number of methoxy groups -OCH3 is 1. The third-order valence-electron chi connectivity index (χ3n) is 7.47. The van der Waals surface area contributed by atoms with Gasteiger partial charge in [0.25, 0.3) is 11.5 Å². The fourth-order valence-electron chi connectivity index (χ4n) is 5.09. The van der Waals surface area contributed by atoms with Gasteiger partial charge in [-0.1, -0.05) is 47.5 Å². The molecule has 0 bridgehead atoms. The normalized spacial score (nSPS) is 14.4. The summed E-state index contributed by atoms with van der Waals surface area (Å²) in [6.07, 6.45) is 4.18. The highest BCUT2D eigenvalue weighted by Crippen LogP contribution is 2.41. The zero-order valence-electron chi connectivity index (χ0n) is 24.2. The fourth-order valence-corrected chi connectivity index (χ4v) is 5.69. The van der Waals surface area contributed by atoms with E-state index in [9.17, 15) is 19.2 Å². The van der Waals surface area contributed by atoms with E-state index < -0.39 is 17.2 Å². The summed E-state index contributed by atoms with van der Waals surface area (Å²) in [4.78, 5) is 53.6. The quantitative estimate of drug-likeness (QED) is 0.254. The Morgan fingerprint density at radius 1 is 1.09 bits per heavy atom. The lowest BCUT2D eigenvalue weighted by atomic mass is 10.0. The molecule has 1 atom stereocenters. The first kappa shape index (κ1) is 31.0. The van der Waals surface area contributed by atoms with Crippen LogP contribution in [0.25, 0.3) is 22.4 Å². The molecule has 0 radical (unpaired) electrons. The van der Waals surface area contributed by atoms with Crippen LogP contribution in [0.3, 0.4) is 0 Å². The van der Waals surface area contributed by atoms with Crippen LogP contribution in [-0.2, 0) is 25.4 Å². The molecule has 0 aliphatic carbocycles. The molecule has 0 spiro atoms. The third-order valence-corrected chi connectivity index (χ3v) is 8.26. The van der Waals surface area contributed by atoms with E-state index in [1.807, 2.05) is 18.2 Å². The van der Waals surface area contributed by atoms with Crippen molar-refractivity contribution in [1.29, 1.82) is 0 Å². The Kier molecular flexibility index (Phi) is 9.19. The van der Waals surface area contributed by atoms with Crippen molar-refractivity contribution in [2.75, 3.05) is 19.0 Å². The highest BCUT2D eigenvalue weighted by atomic mass is 35.5. The number of aryl methyl sites for hydroxylation is 1. The van der Waals surface area contributed by atoms with Crippen molar-refractivity contribution in [1.82, 2.24) is 24.8 Å². The van der Waals surface area contributed by atoms with Crippen LogP contribution < -0.4 is 31.9 Å². The maximum atomic E-state index is 13.0. The van der Waals surface area contributed by atoms with Gasteiger partial charge in [0.2, 0.25) is 5.91 Å². The summed E-state index contributed by atoms with van der Waals surface area (Å²) >= 11 is 13.7. The van der Waals surface area contributed by atoms with Gasteiger partial charge in [-0.2, -0.15) is 0 Å². The van der Waals surface area contributed by atoms with Crippen LogP contribution in [0.5, 0.6) is 5.75 Å². The summed E-state index contributed by atoms with van der Waals surface area (Å²) in [6, 6.07) is 12.6. The molecule has 228 valence electrons. The summed E-state index contributed by atoms with van der Waals surface area (Å²) in [5.74, 6) is 0.0222. The van der Waals surface area contributed by atoms with Gasteiger partial charge in [-0.25, -0.2) is 4.79 Å². The first-order valence-corrected chi connectivity index (χ1v) is 14.5. The smallest absolute Gasteiger partial charge is 0.330 e. The zero-order valence-corrected chi connectivity index (χ0v) is 25.8. The summed E-state index contributed by atoms with van der Waals surface area (Å²) in [7, 11) is 4.35. The van der Waals surface area contributed by atoms with Crippen LogP contribution in [0.2, 0.25) is 10.0 Å². The molecule has 3 N–H and O–H groups in total. The molecule has 0 saturated carbocycles. The highest BCUT2D eigenvalue weighted by molar-refractivity contribution is 6.39. The van der Waals surface area contributed by atoms with E-state index in [0.717, 1.165) is 26.7 Å². The van der Waals surface area contributed by atoms with Crippen molar-refractivity contribution >= 4 is 40.7 Å². The molecular weight excluding hydrogens is 607 g/mol. The minimum absolute atomic E-state index is 0.0801. The minimum Gasteiger partial charge on any atom is -0.496 e. The van der Waals surface area contributed by atoms with Gasteiger partial charge in [0.1, 0.15) is 11.3 Å². The van der Waals surface area contributed by atoms with Gasteiger partial charge in [0.15, 0.2) is 0 Å². The van der Waals surface area contributed by atoms with Gasteiger partial charge in [-0.05, 0) is 24.6 Å². The second-order valence-corrected chi connectivity index (χ2v) is 11.2. The Bertz CT molecular complexity index is 1890. The predicted octanol–water partition coefficient (Wildman–Crippen LogP) is 3.75. The number of nitrogens with zero attached hydrogens (tertiary/aromatic N) is 3. The Balaban J connectivity index is 1.40. The predicted molar refractivity (Wildman–Crippen MR) is 169 cm³/mol. The molecule has 2 amide bonds. The highest BCUT2D eigenvalue weighted by Gasteiger charge is 2.21. The third kappa shape index (κ3) is 6.26. The van der Waals surface area contributed by atoms with Crippen molar-refractivity contribution in [3.63, 3.8) is 0 Å². The molecule has 1 fully saturated rings. The van der Waals surface area contributed by atoms with Crippen LogP contribution in [0.1, 0.15) is 28.8 Å². The van der Waals surface area contributed by atoms with Gasteiger partial charge in [0, 0.05) is 74.3 Å². The van der Waals surface area contributed by atoms with E-state index in [-0.39, 0.29) is 28.2 Å². The van der Waals surface area contributed by atoms with Gasteiger partial charge < -0.3 is 25.3 Å². The summed E-state index contributed by atoms with van der Waals surface area (Å²) in [5, 5.41) is 9.54. The lowest BCUT2D eigenvalue weighted by Gasteiger charge is -2.16. The van der Waals surface area contributed by atoms with Gasteiger partial charge in [-0.3, -0.25) is 23.9 Å². The molecule has 44 heavy (non-hydrogen) atoms.